The number of nitrogens with zero attached hydrogens (tertiary/aromatic N) is 3. The molecule has 0 unspecified atom stereocenters. The van der Waals surface area contributed by atoms with E-state index in [-0.39, 0.29) is 5.54 Å². The second-order valence-electron chi connectivity index (χ2n) is 4.75. The predicted molar refractivity (Wildman–Crippen MR) is 63.9 cm³/mol. The number of ether oxygens (including phenoxy) is 1. The van der Waals surface area contributed by atoms with Crippen LogP contribution < -0.4 is 10.5 Å². The van der Waals surface area contributed by atoms with Gasteiger partial charge in [-0.15, -0.1) is 0 Å². The molecule has 0 aliphatic heterocycles. The van der Waals surface area contributed by atoms with Crippen LogP contribution in [-0.2, 0) is 0 Å². The number of fused-ring (bicyclic) bond motifs is 1. The fourth-order valence-corrected chi connectivity index (χ4v) is 2.38. The van der Waals surface area contributed by atoms with Crippen LogP contribution in [0.1, 0.15) is 25.7 Å². The molecule has 1 aliphatic rings. The SMILES string of the molecule is NC1(COc2nccn3nccc23)CCCC1. The van der Waals surface area contributed by atoms with Gasteiger partial charge in [0.05, 0.1) is 11.7 Å². The zero-order chi connectivity index (χ0) is 11.7. The van der Waals surface area contributed by atoms with Gasteiger partial charge in [0.2, 0.25) is 5.88 Å². The van der Waals surface area contributed by atoms with Crippen LogP contribution in [0.3, 0.4) is 0 Å². The number of aromatic nitrogens is 3. The van der Waals surface area contributed by atoms with Crippen molar-refractivity contribution in [3.05, 3.63) is 24.7 Å². The van der Waals surface area contributed by atoms with Crippen molar-refractivity contribution in [1.29, 1.82) is 0 Å². The molecule has 1 aliphatic carbocycles. The maximum atomic E-state index is 6.25. The van der Waals surface area contributed by atoms with Gasteiger partial charge in [0.1, 0.15) is 12.1 Å². The molecular formula is C12H16N4O. The van der Waals surface area contributed by atoms with Crippen molar-refractivity contribution in [2.24, 2.45) is 5.73 Å². The molecular weight excluding hydrogens is 216 g/mol. The second-order valence-corrected chi connectivity index (χ2v) is 4.75. The predicted octanol–water partition coefficient (Wildman–Crippen LogP) is 1.38. The highest BCUT2D eigenvalue weighted by Gasteiger charge is 2.30. The lowest BCUT2D eigenvalue weighted by molar-refractivity contribution is 0.215. The summed E-state index contributed by atoms with van der Waals surface area (Å²) in [6.07, 6.45) is 9.69. The van der Waals surface area contributed by atoms with Crippen molar-refractivity contribution in [3.8, 4) is 5.88 Å². The van der Waals surface area contributed by atoms with Crippen LogP contribution in [0.2, 0.25) is 0 Å². The molecule has 2 aromatic heterocycles. The Hall–Kier alpha value is -1.62. The van der Waals surface area contributed by atoms with E-state index in [9.17, 15) is 0 Å². The average Bonchev–Trinajstić information content (AvgIpc) is 2.95. The third-order valence-electron chi connectivity index (χ3n) is 3.38. The number of hydrogen-bond acceptors (Lipinski definition) is 4. The molecule has 2 heterocycles. The fraction of sp³-hybridized carbons (Fsp3) is 0.500. The van der Waals surface area contributed by atoms with Gasteiger partial charge < -0.3 is 10.5 Å². The summed E-state index contributed by atoms with van der Waals surface area (Å²) in [6.45, 7) is 0.533. The third kappa shape index (κ3) is 1.98. The van der Waals surface area contributed by atoms with Crippen LogP contribution in [0.15, 0.2) is 24.7 Å². The van der Waals surface area contributed by atoms with Crippen LogP contribution in [0.4, 0.5) is 0 Å². The van der Waals surface area contributed by atoms with Gasteiger partial charge in [0.25, 0.3) is 0 Å². The van der Waals surface area contributed by atoms with Gasteiger partial charge in [-0.3, -0.25) is 0 Å². The lowest BCUT2D eigenvalue weighted by Crippen LogP contribution is -2.42. The largest absolute Gasteiger partial charge is 0.474 e. The van der Waals surface area contributed by atoms with Crippen molar-refractivity contribution < 1.29 is 4.74 Å². The average molecular weight is 232 g/mol. The molecule has 0 radical (unpaired) electrons. The Labute approximate surface area is 99.6 Å². The molecule has 0 amide bonds. The normalized spacial score (nSPS) is 18.6. The molecule has 2 N–H and O–H groups in total. The molecule has 0 saturated heterocycles. The van der Waals surface area contributed by atoms with Gasteiger partial charge in [-0.2, -0.15) is 5.10 Å². The minimum absolute atomic E-state index is 0.172. The van der Waals surface area contributed by atoms with E-state index in [1.165, 1.54) is 12.8 Å². The van der Waals surface area contributed by atoms with E-state index in [4.69, 9.17) is 10.5 Å². The van der Waals surface area contributed by atoms with Crippen molar-refractivity contribution in [3.63, 3.8) is 0 Å². The Kier molecular flexibility index (Phi) is 2.48. The van der Waals surface area contributed by atoms with E-state index in [0.717, 1.165) is 18.4 Å². The van der Waals surface area contributed by atoms with Crippen LogP contribution in [-0.4, -0.2) is 26.7 Å². The molecule has 0 spiro atoms. The van der Waals surface area contributed by atoms with Gasteiger partial charge >= 0.3 is 0 Å². The second kappa shape index (κ2) is 4.00. The van der Waals surface area contributed by atoms with Crippen LogP contribution >= 0.6 is 0 Å². The fourth-order valence-electron chi connectivity index (χ4n) is 2.38. The zero-order valence-electron chi connectivity index (χ0n) is 9.67. The third-order valence-corrected chi connectivity index (χ3v) is 3.38. The van der Waals surface area contributed by atoms with Crippen molar-refractivity contribution in [1.82, 2.24) is 14.6 Å². The van der Waals surface area contributed by atoms with Crippen molar-refractivity contribution >= 4 is 5.52 Å². The Balaban J connectivity index is 1.78. The van der Waals surface area contributed by atoms with Gasteiger partial charge in [-0.25, -0.2) is 9.50 Å². The standard InChI is InChI=1S/C12H16N4O/c13-12(4-1-2-5-12)9-17-11-10-3-6-15-16(10)8-7-14-11/h3,6-8H,1-2,4-5,9,13H2. The summed E-state index contributed by atoms with van der Waals surface area (Å²) >= 11 is 0. The summed E-state index contributed by atoms with van der Waals surface area (Å²) in [4.78, 5) is 4.23. The molecule has 5 nitrogen and oxygen atoms in total. The molecule has 3 rings (SSSR count). The Bertz CT molecular complexity index is 516. The van der Waals surface area contributed by atoms with Gasteiger partial charge in [-0.05, 0) is 18.9 Å². The summed E-state index contributed by atoms with van der Waals surface area (Å²) in [5.41, 5.74) is 6.96. The Morgan fingerprint density at radius 3 is 3.00 bits per heavy atom. The molecule has 90 valence electrons. The van der Waals surface area contributed by atoms with Crippen molar-refractivity contribution in [2.75, 3.05) is 6.61 Å². The Morgan fingerprint density at radius 1 is 1.35 bits per heavy atom. The van der Waals surface area contributed by atoms with Gasteiger partial charge in [-0.1, -0.05) is 12.8 Å². The first-order valence-corrected chi connectivity index (χ1v) is 5.97. The first-order valence-electron chi connectivity index (χ1n) is 5.97. The monoisotopic (exact) mass is 232 g/mol. The highest BCUT2D eigenvalue weighted by atomic mass is 16.5. The number of hydrogen-bond donors (Lipinski definition) is 1. The summed E-state index contributed by atoms with van der Waals surface area (Å²) in [5.74, 6) is 0.613. The van der Waals surface area contributed by atoms with E-state index in [1.54, 1.807) is 23.1 Å². The highest BCUT2D eigenvalue weighted by molar-refractivity contribution is 5.54. The highest BCUT2D eigenvalue weighted by Crippen LogP contribution is 2.28. The van der Waals surface area contributed by atoms with E-state index in [0.29, 0.717) is 12.5 Å². The summed E-state index contributed by atoms with van der Waals surface area (Å²) in [6, 6.07) is 1.89. The molecule has 0 bridgehead atoms. The summed E-state index contributed by atoms with van der Waals surface area (Å²) < 4.78 is 7.52. The van der Waals surface area contributed by atoms with Gasteiger partial charge in [0, 0.05) is 12.4 Å². The molecule has 0 atom stereocenters. The van der Waals surface area contributed by atoms with E-state index in [2.05, 4.69) is 10.1 Å². The van der Waals surface area contributed by atoms with Crippen LogP contribution in [0, 0.1) is 0 Å². The lowest BCUT2D eigenvalue weighted by Gasteiger charge is -2.23. The summed E-state index contributed by atoms with van der Waals surface area (Å²) in [7, 11) is 0. The van der Waals surface area contributed by atoms with E-state index in [1.807, 2.05) is 6.07 Å². The number of nitrogens with two attached hydrogens (primary N) is 1. The van der Waals surface area contributed by atoms with Gasteiger partial charge in [0.15, 0.2) is 0 Å². The molecule has 2 aromatic rings. The smallest absolute Gasteiger partial charge is 0.240 e. The van der Waals surface area contributed by atoms with Crippen molar-refractivity contribution in [2.45, 2.75) is 31.2 Å². The lowest BCUT2D eigenvalue weighted by atomic mass is 10.0. The first-order chi connectivity index (χ1) is 8.27. The van der Waals surface area contributed by atoms with Crippen LogP contribution in [0.5, 0.6) is 5.88 Å². The maximum absolute atomic E-state index is 6.25. The molecule has 1 saturated carbocycles. The Morgan fingerprint density at radius 2 is 2.18 bits per heavy atom. The molecule has 5 heteroatoms. The quantitative estimate of drug-likeness (QED) is 0.868. The summed E-state index contributed by atoms with van der Waals surface area (Å²) in [5, 5.41) is 4.14. The van der Waals surface area contributed by atoms with E-state index < -0.39 is 0 Å². The molecule has 17 heavy (non-hydrogen) atoms. The number of rotatable bonds is 3. The zero-order valence-corrected chi connectivity index (χ0v) is 9.67. The molecule has 0 aromatic carbocycles. The first kappa shape index (κ1) is 10.5. The van der Waals surface area contributed by atoms with Crippen LogP contribution in [0.25, 0.3) is 5.52 Å². The van der Waals surface area contributed by atoms with E-state index >= 15 is 0 Å². The minimum Gasteiger partial charge on any atom is -0.474 e. The minimum atomic E-state index is -0.172. The molecule has 1 fully saturated rings. The topological polar surface area (TPSA) is 65.4 Å². The maximum Gasteiger partial charge on any atom is 0.240 e.